The van der Waals surface area contributed by atoms with Crippen molar-refractivity contribution in [1.29, 1.82) is 0 Å². The Hall–Kier alpha value is -2.52. The van der Waals surface area contributed by atoms with E-state index in [1.807, 2.05) is 12.1 Å². The first-order chi connectivity index (χ1) is 11.3. The van der Waals surface area contributed by atoms with Gasteiger partial charge in [0.15, 0.2) is 0 Å². The number of para-hydroxylation sites is 1. The highest BCUT2D eigenvalue weighted by molar-refractivity contribution is 7.21. The van der Waals surface area contributed by atoms with Gasteiger partial charge in [0.2, 0.25) is 0 Å². The Morgan fingerprint density at radius 1 is 0.957 bits per heavy atom. The molecule has 0 bridgehead atoms. The molecule has 1 heterocycles. The Morgan fingerprint density at radius 2 is 1.78 bits per heavy atom. The van der Waals surface area contributed by atoms with Gasteiger partial charge in [-0.2, -0.15) is 0 Å². The molecule has 0 amide bonds. The molecule has 2 aromatic carbocycles. The van der Waals surface area contributed by atoms with E-state index in [1.165, 1.54) is 10.3 Å². The van der Waals surface area contributed by atoms with Gasteiger partial charge in [-0.05, 0) is 54.4 Å². The van der Waals surface area contributed by atoms with Gasteiger partial charge in [0.05, 0.1) is 31.8 Å². The van der Waals surface area contributed by atoms with Gasteiger partial charge in [-0.15, -0.1) is 11.3 Å². The number of fused-ring (bicyclic) bond motifs is 2. The van der Waals surface area contributed by atoms with Crippen molar-refractivity contribution in [2.75, 3.05) is 0 Å². The Kier molecular flexibility index (Phi) is 3.64. The van der Waals surface area contributed by atoms with E-state index in [4.69, 9.17) is 9.98 Å². The molecule has 23 heavy (non-hydrogen) atoms. The van der Waals surface area contributed by atoms with Crippen molar-refractivity contribution in [2.24, 2.45) is 4.99 Å². The lowest BCUT2D eigenvalue weighted by Gasteiger charge is -2.05. The van der Waals surface area contributed by atoms with Crippen LogP contribution in [-0.2, 0) is 6.42 Å². The van der Waals surface area contributed by atoms with Crippen LogP contribution >= 0.6 is 11.3 Å². The first-order valence-electron chi connectivity index (χ1n) is 7.75. The molecule has 2 aliphatic rings. The third-order valence-corrected chi connectivity index (χ3v) is 4.98. The minimum absolute atomic E-state index is 0.968. The number of benzene rings is 3. The molecule has 0 N–H and O–H groups in total. The number of aryl methyl sites for hydroxylation is 1. The second-order valence-corrected chi connectivity index (χ2v) is 6.55. The highest BCUT2D eigenvalue weighted by Crippen LogP contribution is 2.29. The van der Waals surface area contributed by atoms with Gasteiger partial charge in [0.1, 0.15) is 0 Å². The lowest BCUT2D eigenvalue weighted by atomic mass is 10.1. The van der Waals surface area contributed by atoms with Crippen LogP contribution in [0.15, 0.2) is 71.7 Å². The summed E-state index contributed by atoms with van der Waals surface area (Å²) >= 11 is 1.76. The number of rotatable bonds is 2. The third kappa shape index (κ3) is 2.88. The van der Waals surface area contributed by atoms with E-state index in [9.17, 15) is 0 Å². The van der Waals surface area contributed by atoms with Gasteiger partial charge >= 0.3 is 0 Å². The molecule has 4 rings (SSSR count). The maximum absolute atomic E-state index is 4.73. The summed E-state index contributed by atoms with van der Waals surface area (Å²) in [6, 6.07) is 22.9. The fraction of sp³-hybridized carbons (Fsp3) is 0.100. The topological polar surface area (TPSA) is 25.2 Å². The molecule has 2 nitrogen and oxygen atoms in total. The van der Waals surface area contributed by atoms with E-state index in [0.29, 0.717) is 0 Å². The van der Waals surface area contributed by atoms with E-state index < -0.39 is 0 Å². The molecule has 2 aromatic rings. The van der Waals surface area contributed by atoms with Crippen LogP contribution < -0.4 is 5.36 Å². The second kappa shape index (κ2) is 5.94. The average Bonchev–Trinajstić information content (AvgIpc) is 2.60. The van der Waals surface area contributed by atoms with Crippen LogP contribution in [0.1, 0.15) is 12.5 Å². The Bertz CT molecular complexity index is 1000. The second-order valence-electron chi connectivity index (χ2n) is 5.47. The number of aromatic nitrogens is 1. The van der Waals surface area contributed by atoms with Crippen molar-refractivity contribution in [3.8, 4) is 10.6 Å². The summed E-state index contributed by atoms with van der Waals surface area (Å²) in [6.45, 7) is 2.16. The fourth-order valence-electron chi connectivity index (χ4n) is 2.59. The molecule has 112 valence electrons. The van der Waals surface area contributed by atoms with Crippen molar-refractivity contribution >= 4 is 27.2 Å². The zero-order chi connectivity index (χ0) is 15.6. The van der Waals surface area contributed by atoms with Gasteiger partial charge in [-0.3, -0.25) is 0 Å². The summed E-state index contributed by atoms with van der Waals surface area (Å²) in [6.07, 6.45) is 1.05. The molecule has 3 heteroatoms. The summed E-state index contributed by atoms with van der Waals surface area (Å²) in [4.78, 5) is 10.6. The van der Waals surface area contributed by atoms with E-state index in [-0.39, 0.29) is 0 Å². The molecule has 0 fully saturated rings. The quantitative estimate of drug-likeness (QED) is 0.467. The molecule has 1 aliphatic heterocycles. The third-order valence-electron chi connectivity index (χ3n) is 3.87. The van der Waals surface area contributed by atoms with E-state index in [2.05, 4.69) is 61.5 Å². The summed E-state index contributed by atoms with van der Waals surface area (Å²) in [5.74, 6) is 0. The Morgan fingerprint density at radius 3 is 2.61 bits per heavy atom. The van der Waals surface area contributed by atoms with Crippen molar-refractivity contribution in [3.05, 3.63) is 77.7 Å². The predicted octanol–water partition coefficient (Wildman–Crippen LogP) is 5.20. The van der Waals surface area contributed by atoms with Crippen LogP contribution in [0.3, 0.4) is 0 Å². The Labute approximate surface area is 139 Å². The maximum atomic E-state index is 4.73. The normalized spacial score (nSPS) is 12.1. The van der Waals surface area contributed by atoms with E-state index >= 15 is 0 Å². The molecule has 0 atom stereocenters. The van der Waals surface area contributed by atoms with Crippen molar-refractivity contribution in [3.63, 3.8) is 0 Å². The fourth-order valence-corrected chi connectivity index (χ4v) is 3.59. The summed E-state index contributed by atoms with van der Waals surface area (Å²) < 4.78 is 1.20. The van der Waals surface area contributed by atoms with Gasteiger partial charge < -0.3 is 0 Å². The van der Waals surface area contributed by atoms with Gasteiger partial charge in [0, 0.05) is 0 Å². The predicted molar refractivity (Wildman–Crippen MR) is 97.3 cm³/mol. The van der Waals surface area contributed by atoms with Gasteiger partial charge in [-0.25, -0.2) is 9.98 Å². The van der Waals surface area contributed by atoms with E-state index in [0.717, 1.165) is 33.6 Å². The molecule has 0 saturated carbocycles. The van der Waals surface area contributed by atoms with Crippen LogP contribution in [-0.4, -0.2) is 4.98 Å². The zero-order valence-electron chi connectivity index (χ0n) is 12.9. The lowest BCUT2D eigenvalue weighted by Crippen LogP contribution is -2.01. The summed E-state index contributed by atoms with van der Waals surface area (Å²) in [5, 5.41) is 0.968. The number of hydrogen-bond acceptors (Lipinski definition) is 3. The molecule has 1 aliphatic carbocycles. The zero-order valence-corrected chi connectivity index (χ0v) is 13.7. The van der Waals surface area contributed by atoms with E-state index in [1.54, 1.807) is 11.3 Å². The van der Waals surface area contributed by atoms with Crippen LogP contribution in [0.4, 0.5) is 5.69 Å². The molecule has 0 radical (unpaired) electrons. The number of hydrogen-bond donors (Lipinski definition) is 0. The molecule has 0 unspecified atom stereocenters. The largest absolute Gasteiger partial charge is 0.249 e. The number of nitrogens with zero attached hydrogens (tertiary/aromatic N) is 2. The van der Waals surface area contributed by atoms with Crippen LogP contribution in [0.5, 0.6) is 0 Å². The maximum Gasteiger partial charge on any atom is 0.0811 e. The van der Waals surface area contributed by atoms with Crippen LogP contribution in [0.2, 0.25) is 0 Å². The smallest absolute Gasteiger partial charge is 0.0811 e. The highest BCUT2D eigenvalue weighted by Gasteiger charge is 2.06. The van der Waals surface area contributed by atoms with Crippen molar-refractivity contribution in [1.82, 2.24) is 4.98 Å². The summed E-state index contributed by atoms with van der Waals surface area (Å²) in [5.41, 5.74) is 4.39. The summed E-state index contributed by atoms with van der Waals surface area (Å²) in [7, 11) is 0. The SMILES string of the molecule is CCc1ccc(N=c2ccc3nc4ccccc4sc-3c2)cc1. The van der Waals surface area contributed by atoms with Gasteiger partial charge in [-0.1, -0.05) is 31.2 Å². The van der Waals surface area contributed by atoms with Gasteiger partial charge in [0.25, 0.3) is 0 Å². The molecule has 0 aromatic heterocycles. The minimum atomic E-state index is 0.968. The first-order valence-corrected chi connectivity index (χ1v) is 8.57. The average molecular weight is 316 g/mol. The molecular weight excluding hydrogens is 300 g/mol. The molecule has 0 saturated heterocycles. The standard InChI is InChI=1S/C20H16N2S/c1-2-14-7-9-15(10-8-14)21-16-11-12-18-20(13-16)23-19-6-4-3-5-17(19)22-18/h3-13H,2H2,1H3. The van der Waals surface area contributed by atoms with Crippen molar-refractivity contribution in [2.45, 2.75) is 13.3 Å². The van der Waals surface area contributed by atoms with Crippen LogP contribution in [0.25, 0.3) is 20.8 Å². The van der Waals surface area contributed by atoms with Crippen molar-refractivity contribution < 1.29 is 0 Å². The highest BCUT2D eigenvalue weighted by atomic mass is 32.1. The minimum Gasteiger partial charge on any atom is -0.249 e. The van der Waals surface area contributed by atoms with Crippen LogP contribution in [0, 0.1) is 0 Å². The molecule has 0 spiro atoms. The molecular formula is C20H16N2S. The monoisotopic (exact) mass is 316 g/mol. The Balaban J connectivity index is 1.82. The lowest BCUT2D eigenvalue weighted by molar-refractivity contribution is 1.14. The first kappa shape index (κ1) is 14.1.